The van der Waals surface area contributed by atoms with E-state index in [1.165, 1.54) is 4.90 Å². The van der Waals surface area contributed by atoms with Gasteiger partial charge in [0.05, 0.1) is 12.0 Å². The monoisotopic (exact) mass is 423 g/mol. The molecule has 0 aromatic heterocycles. The molecule has 0 spiro atoms. The van der Waals surface area contributed by atoms with E-state index in [-0.39, 0.29) is 64.2 Å². The first-order chi connectivity index (χ1) is 12.2. The number of carbonyl (C=O) groups excluding carboxylic acids is 2. The third-order valence-electron chi connectivity index (χ3n) is 4.66. The van der Waals surface area contributed by atoms with Crippen molar-refractivity contribution in [2.24, 2.45) is 0 Å². The van der Waals surface area contributed by atoms with Gasteiger partial charge in [0.25, 0.3) is 0 Å². The Hall–Kier alpha value is -0.815. The normalized spacial score (nSPS) is 20.8. The van der Waals surface area contributed by atoms with Crippen LogP contribution in [0.3, 0.4) is 0 Å². The number of carboxylic acids is 1. The van der Waals surface area contributed by atoms with E-state index >= 15 is 0 Å². The first-order valence-corrected chi connectivity index (χ1v) is 8.84. The maximum atomic E-state index is 12.1. The number of benzene rings is 2. The summed E-state index contributed by atoms with van der Waals surface area (Å²) in [4.78, 5) is 25.2. The van der Waals surface area contributed by atoms with Crippen LogP contribution in [0, 0.1) is 0 Å². The van der Waals surface area contributed by atoms with E-state index in [4.69, 9.17) is 0 Å². The molecule has 4 rings (SSSR count). The minimum Gasteiger partial charge on any atom is -0.547 e. The molecule has 0 aliphatic carbocycles. The Morgan fingerprint density at radius 3 is 2.15 bits per heavy atom. The van der Waals surface area contributed by atoms with E-state index in [0.717, 1.165) is 11.1 Å². The van der Waals surface area contributed by atoms with Crippen LogP contribution >= 0.6 is 0 Å². The zero-order chi connectivity index (χ0) is 18.6. The van der Waals surface area contributed by atoms with E-state index in [1.54, 1.807) is 24.3 Å². The topological polar surface area (TPSA) is 60.4 Å². The van der Waals surface area contributed by atoms with Gasteiger partial charge in [0.1, 0.15) is 5.54 Å². The summed E-state index contributed by atoms with van der Waals surface area (Å²) in [5.74, 6) is -1.25. The van der Waals surface area contributed by atoms with Crippen LogP contribution in [0.25, 0.3) is 0 Å². The second kappa shape index (κ2) is 9.93. The molecule has 2 bridgehead atoms. The SMILES string of the molecule is CC.CC.O=CN1C2Cc3ccccc3C1(C(=O)[O-])c1ccccc12.[Rb+]. The van der Waals surface area contributed by atoms with Crippen LogP contribution in [0.2, 0.25) is 0 Å². The van der Waals surface area contributed by atoms with Crippen LogP contribution < -0.4 is 63.3 Å². The average molecular weight is 424 g/mol. The van der Waals surface area contributed by atoms with Gasteiger partial charge in [-0.1, -0.05) is 76.2 Å². The number of fused-ring (bicyclic) bond motifs is 7. The van der Waals surface area contributed by atoms with Crippen molar-refractivity contribution in [2.45, 2.75) is 45.7 Å². The predicted octanol–water partition coefficient (Wildman–Crippen LogP) is -0.194. The van der Waals surface area contributed by atoms with Crippen molar-refractivity contribution in [2.75, 3.05) is 0 Å². The molecule has 0 saturated heterocycles. The predicted molar refractivity (Wildman–Crippen MR) is 95.7 cm³/mol. The molecule has 132 valence electrons. The molecular weight excluding hydrogens is 400 g/mol. The fraction of sp³-hybridized carbons (Fsp3) is 0.333. The fourth-order valence-corrected chi connectivity index (χ4v) is 3.87. The van der Waals surface area contributed by atoms with Crippen molar-refractivity contribution in [3.63, 3.8) is 0 Å². The standard InChI is InChI=1S/C17H13NO3.2C2H6.Rb/c19-10-18-15-9-11-5-1-3-7-13(11)17(18,16(20)21)14-8-4-2-6-12(14)15;2*1-2;/h1-8,10,15H,9H2,(H,20,21);2*1-2H3;/q;;;+1/p-1. The maximum absolute atomic E-state index is 12.1. The average Bonchev–Trinajstić information content (AvgIpc) is 2.89. The number of rotatable bonds is 2. The molecule has 2 atom stereocenters. The molecule has 26 heavy (non-hydrogen) atoms. The van der Waals surface area contributed by atoms with Crippen molar-refractivity contribution in [3.05, 3.63) is 70.8 Å². The Balaban J connectivity index is 0.000000635. The largest absolute Gasteiger partial charge is 1.00 e. The van der Waals surface area contributed by atoms with Gasteiger partial charge in [-0.25, -0.2) is 0 Å². The molecule has 2 aliphatic rings. The third kappa shape index (κ3) is 3.26. The van der Waals surface area contributed by atoms with E-state index in [0.29, 0.717) is 24.0 Å². The Labute approximate surface area is 204 Å². The van der Waals surface area contributed by atoms with Gasteiger partial charge in [0.15, 0.2) is 0 Å². The van der Waals surface area contributed by atoms with Crippen molar-refractivity contribution in [1.82, 2.24) is 4.90 Å². The first-order valence-electron chi connectivity index (χ1n) is 8.84. The number of amides is 1. The Morgan fingerprint density at radius 2 is 1.58 bits per heavy atom. The van der Waals surface area contributed by atoms with Gasteiger partial charge in [-0.2, -0.15) is 0 Å². The van der Waals surface area contributed by atoms with Gasteiger partial charge in [-0.05, 0) is 28.7 Å². The van der Waals surface area contributed by atoms with Crippen LogP contribution in [0.5, 0.6) is 0 Å². The van der Waals surface area contributed by atoms with Crippen molar-refractivity contribution < 1.29 is 72.9 Å². The fourth-order valence-electron chi connectivity index (χ4n) is 3.87. The Morgan fingerprint density at radius 1 is 1.04 bits per heavy atom. The van der Waals surface area contributed by atoms with E-state index in [1.807, 2.05) is 52.0 Å². The van der Waals surface area contributed by atoms with Gasteiger partial charge >= 0.3 is 58.2 Å². The summed E-state index contributed by atoms with van der Waals surface area (Å²) in [6.45, 7) is 8.00. The number of carboxylic acid groups (broad SMARTS) is 1. The number of aliphatic carboxylic acids is 1. The summed E-state index contributed by atoms with van der Waals surface area (Å²) in [7, 11) is 0. The van der Waals surface area contributed by atoms with Crippen molar-refractivity contribution in [1.29, 1.82) is 0 Å². The smallest absolute Gasteiger partial charge is 0.547 e. The van der Waals surface area contributed by atoms with Crippen LogP contribution in [-0.2, 0) is 21.5 Å². The molecule has 1 amide bonds. The van der Waals surface area contributed by atoms with Crippen molar-refractivity contribution >= 4 is 12.4 Å². The number of carbonyl (C=O) groups is 2. The molecule has 2 aliphatic heterocycles. The summed E-state index contributed by atoms with van der Waals surface area (Å²) in [6, 6.07) is 14.5. The molecule has 2 unspecified atom stereocenters. The molecule has 5 heteroatoms. The molecule has 0 fully saturated rings. The van der Waals surface area contributed by atoms with Gasteiger partial charge in [-0.15, -0.1) is 0 Å². The number of nitrogens with zero attached hydrogens (tertiary/aromatic N) is 1. The van der Waals surface area contributed by atoms with Crippen LogP contribution in [-0.4, -0.2) is 17.3 Å². The van der Waals surface area contributed by atoms with Crippen LogP contribution in [0.15, 0.2) is 48.5 Å². The maximum Gasteiger partial charge on any atom is 1.00 e. The van der Waals surface area contributed by atoms with Crippen molar-refractivity contribution in [3.8, 4) is 0 Å². The summed E-state index contributed by atoms with van der Waals surface area (Å²) >= 11 is 0. The molecule has 0 saturated carbocycles. The summed E-state index contributed by atoms with van der Waals surface area (Å²) in [6.07, 6.45) is 1.26. The summed E-state index contributed by atoms with van der Waals surface area (Å²) in [5.41, 5.74) is 1.63. The molecule has 0 radical (unpaired) electrons. The number of hydrogen-bond donors (Lipinski definition) is 0. The number of hydrogen-bond acceptors (Lipinski definition) is 3. The molecule has 4 nitrogen and oxygen atoms in total. The van der Waals surface area contributed by atoms with E-state index in [9.17, 15) is 14.7 Å². The van der Waals surface area contributed by atoms with E-state index in [2.05, 4.69) is 0 Å². The molecule has 0 N–H and O–H groups in total. The molecular formula is C21H24NO3Rb. The van der Waals surface area contributed by atoms with Crippen LogP contribution in [0.4, 0.5) is 0 Å². The quantitative estimate of drug-likeness (QED) is 0.629. The second-order valence-corrected chi connectivity index (χ2v) is 5.47. The molecule has 2 aromatic carbocycles. The minimum atomic E-state index is -1.50. The molecule has 2 aromatic rings. The zero-order valence-corrected chi connectivity index (χ0v) is 21.1. The van der Waals surface area contributed by atoms with Crippen LogP contribution in [0.1, 0.15) is 56.0 Å². The van der Waals surface area contributed by atoms with Gasteiger partial charge in [0.2, 0.25) is 6.41 Å². The zero-order valence-electron chi connectivity index (χ0n) is 16.2. The van der Waals surface area contributed by atoms with Gasteiger partial charge in [0, 0.05) is 0 Å². The summed E-state index contributed by atoms with van der Waals surface area (Å²) < 4.78 is 0. The van der Waals surface area contributed by atoms with Gasteiger partial charge < -0.3 is 14.8 Å². The third-order valence-corrected chi connectivity index (χ3v) is 4.66. The first kappa shape index (κ1) is 23.2. The second-order valence-electron chi connectivity index (χ2n) is 5.47. The Kier molecular flexibility index (Phi) is 8.87. The van der Waals surface area contributed by atoms with Gasteiger partial charge in [-0.3, -0.25) is 4.79 Å². The van der Waals surface area contributed by atoms with E-state index < -0.39 is 11.5 Å². The molecule has 2 heterocycles. The summed E-state index contributed by atoms with van der Waals surface area (Å²) in [5, 5.41) is 12.1. The minimum absolute atomic E-state index is 0. The Bertz CT molecular complexity index is 764.